The number of hydrogen-bond donors (Lipinski definition) is 1. The third-order valence-electron chi connectivity index (χ3n) is 3.21. The molecule has 0 saturated carbocycles. The fraction of sp³-hybridized carbons (Fsp3) is 0.429. The van der Waals surface area contributed by atoms with Crippen LogP contribution in [0.2, 0.25) is 5.02 Å². The van der Waals surface area contributed by atoms with Gasteiger partial charge in [-0.25, -0.2) is 4.39 Å². The number of rotatable bonds is 4. The van der Waals surface area contributed by atoms with Gasteiger partial charge in [0.25, 0.3) is 5.91 Å². The van der Waals surface area contributed by atoms with Crippen molar-refractivity contribution in [2.24, 2.45) is 5.16 Å². The lowest BCUT2D eigenvalue weighted by atomic mass is 10.0. The van der Waals surface area contributed by atoms with E-state index in [4.69, 9.17) is 16.4 Å². The Bertz CT molecular complexity index is 528. The van der Waals surface area contributed by atoms with E-state index >= 15 is 0 Å². The Morgan fingerprint density at radius 2 is 2.40 bits per heavy atom. The van der Waals surface area contributed by atoms with Crippen LogP contribution >= 0.6 is 11.6 Å². The zero-order chi connectivity index (χ0) is 14.7. The first-order valence-electron chi connectivity index (χ1n) is 6.50. The van der Waals surface area contributed by atoms with Crippen LogP contribution in [0, 0.1) is 5.82 Å². The van der Waals surface area contributed by atoms with Crippen LogP contribution < -0.4 is 5.32 Å². The number of amides is 1. The van der Waals surface area contributed by atoms with E-state index in [0.717, 1.165) is 6.42 Å². The second-order valence-electron chi connectivity index (χ2n) is 4.75. The number of nitrogens with one attached hydrogen (secondary N) is 1. The minimum Gasteiger partial charge on any atom is -0.382 e. The molecule has 0 aliphatic carbocycles. The Kier molecular flexibility index (Phi) is 4.60. The molecule has 1 N–H and O–H groups in total. The molecule has 20 heavy (non-hydrogen) atoms. The first-order valence-corrected chi connectivity index (χ1v) is 6.88. The zero-order valence-electron chi connectivity index (χ0n) is 11.3. The molecule has 1 aliphatic heterocycles. The maximum atomic E-state index is 13.8. The summed E-state index contributed by atoms with van der Waals surface area (Å²) >= 11 is 5.97. The predicted molar refractivity (Wildman–Crippen MR) is 75.3 cm³/mol. The van der Waals surface area contributed by atoms with Gasteiger partial charge in [0, 0.05) is 12.5 Å². The summed E-state index contributed by atoms with van der Waals surface area (Å²) in [7, 11) is 0. The minimum atomic E-state index is -0.727. The molecule has 6 heteroatoms. The number of carbonyl (C=O) groups is 1. The highest BCUT2D eigenvalue weighted by atomic mass is 35.5. The highest BCUT2D eigenvalue weighted by Gasteiger charge is 2.31. The van der Waals surface area contributed by atoms with E-state index in [-0.39, 0.29) is 29.0 Å². The van der Waals surface area contributed by atoms with Crippen LogP contribution in [0.15, 0.2) is 23.4 Å². The van der Waals surface area contributed by atoms with Crippen molar-refractivity contribution < 1.29 is 14.0 Å². The lowest BCUT2D eigenvalue weighted by Crippen LogP contribution is -2.39. The van der Waals surface area contributed by atoms with Gasteiger partial charge in [0.05, 0.1) is 16.3 Å². The molecule has 0 radical (unpaired) electrons. The molecule has 1 aromatic rings. The molecule has 0 spiro atoms. The number of halogens is 2. The van der Waals surface area contributed by atoms with Gasteiger partial charge in [-0.15, -0.1) is 0 Å². The van der Waals surface area contributed by atoms with Crippen LogP contribution in [-0.2, 0) is 9.63 Å². The smallest absolute Gasteiger partial charge is 0.264 e. The van der Waals surface area contributed by atoms with E-state index in [1.54, 1.807) is 6.07 Å². The Morgan fingerprint density at radius 1 is 1.65 bits per heavy atom. The zero-order valence-corrected chi connectivity index (χ0v) is 12.1. The van der Waals surface area contributed by atoms with E-state index in [0.29, 0.717) is 5.71 Å². The van der Waals surface area contributed by atoms with Gasteiger partial charge in [-0.2, -0.15) is 0 Å². The van der Waals surface area contributed by atoms with Crippen molar-refractivity contribution in [2.45, 2.75) is 38.8 Å². The first kappa shape index (κ1) is 14.8. The van der Waals surface area contributed by atoms with Crippen molar-refractivity contribution >= 4 is 23.2 Å². The van der Waals surface area contributed by atoms with Gasteiger partial charge < -0.3 is 10.2 Å². The molecule has 108 valence electrons. The highest BCUT2D eigenvalue weighted by molar-refractivity contribution is 6.34. The normalized spacial score (nSPS) is 19.2. The van der Waals surface area contributed by atoms with Crippen LogP contribution in [0.4, 0.5) is 4.39 Å². The van der Waals surface area contributed by atoms with Gasteiger partial charge in [0.1, 0.15) is 5.82 Å². The number of nitrogens with zero attached hydrogens (tertiary/aromatic N) is 1. The van der Waals surface area contributed by atoms with E-state index in [1.807, 2.05) is 13.8 Å². The van der Waals surface area contributed by atoms with Gasteiger partial charge >= 0.3 is 0 Å². The van der Waals surface area contributed by atoms with E-state index < -0.39 is 11.9 Å². The van der Waals surface area contributed by atoms with E-state index in [1.165, 1.54) is 12.1 Å². The summed E-state index contributed by atoms with van der Waals surface area (Å²) in [5.41, 5.74) is 0.561. The van der Waals surface area contributed by atoms with Gasteiger partial charge in [-0.3, -0.25) is 4.79 Å². The molecule has 1 amide bonds. The van der Waals surface area contributed by atoms with E-state index in [9.17, 15) is 9.18 Å². The Morgan fingerprint density at radius 3 is 3.05 bits per heavy atom. The van der Waals surface area contributed by atoms with Crippen LogP contribution in [0.25, 0.3) is 0 Å². The maximum absolute atomic E-state index is 13.8. The van der Waals surface area contributed by atoms with Crippen molar-refractivity contribution in [3.8, 4) is 0 Å². The molecule has 0 aromatic heterocycles. The fourth-order valence-electron chi connectivity index (χ4n) is 1.88. The third kappa shape index (κ3) is 3.10. The van der Waals surface area contributed by atoms with Crippen molar-refractivity contribution in [1.82, 2.24) is 5.32 Å². The minimum absolute atomic E-state index is 0.0622. The second-order valence-corrected chi connectivity index (χ2v) is 5.16. The van der Waals surface area contributed by atoms with Crippen LogP contribution in [0.5, 0.6) is 0 Å². The van der Waals surface area contributed by atoms with Crippen LogP contribution in [0.1, 0.15) is 32.3 Å². The van der Waals surface area contributed by atoms with Gasteiger partial charge in [-0.1, -0.05) is 29.7 Å². The van der Waals surface area contributed by atoms with Crippen LogP contribution in [0.3, 0.4) is 0 Å². The van der Waals surface area contributed by atoms with Gasteiger partial charge in [0.15, 0.2) is 0 Å². The molecular weight excluding hydrogens is 283 g/mol. The molecule has 2 rings (SSSR count). The molecule has 1 aliphatic rings. The van der Waals surface area contributed by atoms with E-state index in [2.05, 4.69) is 10.5 Å². The molecular formula is C14H16ClFN2O2. The monoisotopic (exact) mass is 298 g/mol. The summed E-state index contributed by atoms with van der Waals surface area (Å²) in [6, 6.07) is 4.46. The molecule has 0 fully saturated rings. The quantitative estimate of drug-likeness (QED) is 0.929. The number of oxime groups is 1. The average molecular weight is 299 g/mol. The Balaban J connectivity index is 2.07. The third-order valence-corrected chi connectivity index (χ3v) is 3.53. The summed E-state index contributed by atoms with van der Waals surface area (Å²) in [5.74, 6) is -0.714. The fourth-order valence-corrected chi connectivity index (χ4v) is 2.15. The maximum Gasteiger partial charge on any atom is 0.264 e. The van der Waals surface area contributed by atoms with Gasteiger partial charge in [0.2, 0.25) is 6.10 Å². The molecule has 0 saturated heterocycles. The lowest BCUT2D eigenvalue weighted by molar-refractivity contribution is -0.131. The van der Waals surface area contributed by atoms with Gasteiger partial charge in [-0.05, 0) is 25.5 Å². The summed E-state index contributed by atoms with van der Waals surface area (Å²) in [4.78, 5) is 17.0. The molecule has 0 unspecified atom stereocenters. The Hall–Kier alpha value is -1.62. The molecule has 2 atom stereocenters. The average Bonchev–Trinajstić information content (AvgIpc) is 2.88. The molecule has 1 aromatic carbocycles. The summed E-state index contributed by atoms with van der Waals surface area (Å²) < 4.78 is 13.8. The highest BCUT2D eigenvalue weighted by Crippen LogP contribution is 2.25. The Labute approximate surface area is 121 Å². The lowest BCUT2D eigenvalue weighted by Gasteiger charge is -2.14. The summed E-state index contributed by atoms with van der Waals surface area (Å²) in [6.45, 7) is 3.88. The topological polar surface area (TPSA) is 50.7 Å². The molecule has 0 bridgehead atoms. The molecule has 4 nitrogen and oxygen atoms in total. The summed E-state index contributed by atoms with van der Waals surface area (Å²) in [6.07, 6.45) is 0.309. The standard InChI is InChI=1S/C14H16ClFN2O2/c1-3-8(2)17-14(19)12-7-11(18-20-12)13-9(15)5-4-6-10(13)16/h4-6,8,12H,3,7H2,1-2H3,(H,17,19)/t8-,12+/m0/s1. The first-order chi connectivity index (χ1) is 9.52. The number of benzene rings is 1. The van der Waals surface area contributed by atoms with Crippen LogP contribution in [-0.4, -0.2) is 23.8 Å². The predicted octanol–water partition coefficient (Wildman–Crippen LogP) is 2.89. The van der Waals surface area contributed by atoms with Crippen molar-refractivity contribution in [1.29, 1.82) is 0 Å². The number of carbonyl (C=O) groups excluding carboxylic acids is 1. The molecule has 1 heterocycles. The number of hydrogen-bond acceptors (Lipinski definition) is 3. The SMILES string of the molecule is CC[C@H](C)NC(=O)[C@H]1CC(c2c(F)cccc2Cl)=NO1. The largest absolute Gasteiger partial charge is 0.382 e. The van der Waals surface area contributed by atoms with Crippen molar-refractivity contribution in [3.63, 3.8) is 0 Å². The second kappa shape index (κ2) is 6.22. The van der Waals surface area contributed by atoms with Crippen molar-refractivity contribution in [3.05, 3.63) is 34.6 Å². The summed E-state index contributed by atoms with van der Waals surface area (Å²) in [5, 5.41) is 6.86. The van der Waals surface area contributed by atoms with Crippen molar-refractivity contribution in [2.75, 3.05) is 0 Å².